The monoisotopic (exact) mass is 218 g/mol. The summed E-state index contributed by atoms with van der Waals surface area (Å²) in [6.07, 6.45) is 2.68. The first-order valence-corrected chi connectivity index (χ1v) is 7.29. The van der Waals surface area contributed by atoms with Crippen LogP contribution in [-0.2, 0) is 14.1 Å². The molecule has 0 aliphatic carbocycles. The highest BCUT2D eigenvalue weighted by molar-refractivity contribution is 7.64. The number of esters is 1. The predicted molar refractivity (Wildman–Crippen MR) is 59.3 cm³/mol. The Morgan fingerprint density at radius 2 is 2.21 bits per heavy atom. The summed E-state index contributed by atoms with van der Waals surface area (Å²) in [5, 5.41) is 0. The zero-order valence-corrected chi connectivity index (χ0v) is 10.0. The molecule has 0 bridgehead atoms. The van der Waals surface area contributed by atoms with Gasteiger partial charge in [-0.05, 0) is 20.0 Å². The fraction of sp³-hybridized carbons (Fsp3) is 0.700. The molecule has 0 saturated heterocycles. The van der Waals surface area contributed by atoms with Gasteiger partial charge in [-0.2, -0.15) is 0 Å². The van der Waals surface area contributed by atoms with Gasteiger partial charge in [-0.3, -0.25) is 4.79 Å². The van der Waals surface area contributed by atoms with Crippen molar-refractivity contribution in [3.8, 4) is 0 Å². The molecule has 0 heterocycles. The zero-order chi connectivity index (χ0) is 11.2. The first-order valence-electron chi connectivity index (χ1n) is 4.77. The van der Waals surface area contributed by atoms with E-state index in [1.54, 1.807) is 12.7 Å². The number of ether oxygens (including phenoxy) is 1. The molecule has 0 fully saturated rings. The molecule has 82 valence electrons. The molecule has 0 aromatic rings. The fourth-order valence-corrected chi connectivity index (χ4v) is 2.25. The largest absolute Gasteiger partial charge is 0.462 e. The van der Waals surface area contributed by atoms with Crippen molar-refractivity contribution in [1.82, 2.24) is 0 Å². The maximum atomic E-state index is 11.7. The lowest BCUT2D eigenvalue weighted by molar-refractivity contribution is -0.145. The number of carbonyl (C=O) groups excluding carboxylic acids is 1. The lowest BCUT2D eigenvalue weighted by Gasteiger charge is -2.13. The third-order valence-corrected chi connectivity index (χ3v) is 3.84. The third kappa shape index (κ3) is 5.98. The summed E-state index contributed by atoms with van der Waals surface area (Å²) in [6.45, 7) is 8.87. The van der Waals surface area contributed by atoms with Gasteiger partial charge in [0.1, 0.15) is 0 Å². The van der Waals surface area contributed by atoms with Crippen LogP contribution >= 0.6 is 7.14 Å². The second-order valence-electron chi connectivity index (χ2n) is 3.63. The molecule has 2 unspecified atom stereocenters. The van der Waals surface area contributed by atoms with E-state index in [0.717, 1.165) is 6.42 Å². The van der Waals surface area contributed by atoms with Gasteiger partial charge in [-0.1, -0.05) is 13.0 Å². The molecular weight excluding hydrogens is 199 g/mol. The van der Waals surface area contributed by atoms with Gasteiger partial charge in [0.15, 0.2) is 0 Å². The van der Waals surface area contributed by atoms with Crippen molar-refractivity contribution in [2.24, 2.45) is 0 Å². The average molecular weight is 218 g/mol. The molecule has 0 amide bonds. The Kier molecular flexibility index (Phi) is 5.78. The molecule has 14 heavy (non-hydrogen) atoms. The molecule has 0 saturated carbocycles. The number of hydrogen-bond donors (Lipinski definition) is 0. The summed E-state index contributed by atoms with van der Waals surface area (Å²) in [7, 11) is -2.41. The molecule has 0 aliphatic rings. The van der Waals surface area contributed by atoms with Crippen LogP contribution in [0.1, 0.15) is 20.3 Å². The van der Waals surface area contributed by atoms with Crippen LogP contribution in [0.5, 0.6) is 0 Å². The molecule has 2 atom stereocenters. The van der Waals surface area contributed by atoms with Crippen molar-refractivity contribution < 1.29 is 14.1 Å². The van der Waals surface area contributed by atoms with Gasteiger partial charge in [0, 0.05) is 6.16 Å². The predicted octanol–water partition coefficient (Wildman–Crippen LogP) is 2.51. The van der Waals surface area contributed by atoms with E-state index in [1.165, 1.54) is 0 Å². The van der Waals surface area contributed by atoms with E-state index in [9.17, 15) is 9.36 Å². The molecular formula is C10H19O3P. The van der Waals surface area contributed by atoms with Gasteiger partial charge in [0.05, 0.1) is 19.4 Å². The highest BCUT2D eigenvalue weighted by Gasteiger charge is 2.20. The molecule has 0 aromatic carbocycles. The van der Waals surface area contributed by atoms with Crippen molar-refractivity contribution in [3.63, 3.8) is 0 Å². The van der Waals surface area contributed by atoms with Crippen LogP contribution in [0, 0.1) is 0 Å². The smallest absolute Gasteiger partial charge is 0.313 e. The number of rotatable bonds is 6. The first kappa shape index (κ1) is 13.4. The Hall–Kier alpha value is -0.560. The molecule has 3 nitrogen and oxygen atoms in total. The van der Waals surface area contributed by atoms with Gasteiger partial charge in [0.25, 0.3) is 0 Å². The molecule has 0 spiro atoms. The van der Waals surface area contributed by atoms with Crippen molar-refractivity contribution in [2.75, 3.05) is 19.0 Å². The van der Waals surface area contributed by atoms with Crippen LogP contribution in [0.3, 0.4) is 0 Å². The zero-order valence-electron chi connectivity index (χ0n) is 9.16. The minimum Gasteiger partial charge on any atom is -0.462 e. The highest BCUT2D eigenvalue weighted by Crippen LogP contribution is 2.40. The molecule has 0 radical (unpaired) electrons. The maximum absolute atomic E-state index is 11.7. The second-order valence-corrected chi connectivity index (χ2v) is 6.91. The molecule has 0 N–H and O–H groups in total. The highest BCUT2D eigenvalue weighted by atomic mass is 31.2. The van der Waals surface area contributed by atoms with Gasteiger partial charge >= 0.3 is 5.97 Å². The molecule has 0 aliphatic heterocycles. The average Bonchev–Trinajstić information content (AvgIpc) is 2.02. The SMILES string of the molecule is C=CCP(C)(=O)CC(=O)OC(C)CC. The Morgan fingerprint density at radius 3 is 2.64 bits per heavy atom. The van der Waals surface area contributed by atoms with Crippen LogP contribution in [0.25, 0.3) is 0 Å². The summed E-state index contributed by atoms with van der Waals surface area (Å²) < 4.78 is 16.8. The quantitative estimate of drug-likeness (QED) is 0.391. The first-order chi connectivity index (χ1) is 6.41. The van der Waals surface area contributed by atoms with Crippen LogP contribution in [0.2, 0.25) is 0 Å². The van der Waals surface area contributed by atoms with E-state index in [0.29, 0.717) is 6.16 Å². The summed E-state index contributed by atoms with van der Waals surface area (Å²) in [6, 6.07) is 0. The summed E-state index contributed by atoms with van der Waals surface area (Å²) >= 11 is 0. The summed E-state index contributed by atoms with van der Waals surface area (Å²) in [5.41, 5.74) is 0. The third-order valence-electron chi connectivity index (χ3n) is 1.89. The van der Waals surface area contributed by atoms with E-state index in [4.69, 9.17) is 4.74 Å². The number of carbonyl (C=O) groups is 1. The van der Waals surface area contributed by atoms with Crippen molar-refractivity contribution in [2.45, 2.75) is 26.4 Å². The van der Waals surface area contributed by atoms with Crippen LogP contribution < -0.4 is 0 Å². The minimum absolute atomic E-state index is 0.0172. The van der Waals surface area contributed by atoms with Crippen molar-refractivity contribution in [3.05, 3.63) is 12.7 Å². The molecule has 4 heteroatoms. The fourth-order valence-electron chi connectivity index (χ4n) is 0.956. The van der Waals surface area contributed by atoms with E-state index in [-0.39, 0.29) is 18.2 Å². The lowest BCUT2D eigenvalue weighted by Crippen LogP contribution is -2.17. The van der Waals surface area contributed by atoms with Crippen molar-refractivity contribution >= 4 is 13.1 Å². The minimum atomic E-state index is -2.41. The van der Waals surface area contributed by atoms with E-state index in [2.05, 4.69) is 6.58 Å². The standard InChI is InChI=1S/C10H19O3P/c1-5-7-14(4,12)8-10(11)13-9(3)6-2/h5,9H,1,6-8H2,2-4H3. The Balaban J connectivity index is 4.05. The Bertz CT molecular complexity index is 248. The number of hydrogen-bond acceptors (Lipinski definition) is 3. The van der Waals surface area contributed by atoms with Gasteiger partial charge in [-0.15, -0.1) is 6.58 Å². The Morgan fingerprint density at radius 1 is 1.64 bits per heavy atom. The van der Waals surface area contributed by atoms with Crippen LogP contribution in [0.15, 0.2) is 12.7 Å². The van der Waals surface area contributed by atoms with Crippen molar-refractivity contribution in [1.29, 1.82) is 0 Å². The van der Waals surface area contributed by atoms with Gasteiger partial charge < -0.3 is 9.30 Å². The van der Waals surface area contributed by atoms with Crippen LogP contribution in [-0.4, -0.2) is 31.1 Å². The maximum Gasteiger partial charge on any atom is 0.313 e. The van der Waals surface area contributed by atoms with Gasteiger partial charge in [-0.25, -0.2) is 0 Å². The normalized spacial score (nSPS) is 16.8. The molecule has 0 aromatic heterocycles. The summed E-state index contributed by atoms with van der Waals surface area (Å²) in [4.78, 5) is 11.3. The van der Waals surface area contributed by atoms with Gasteiger partial charge in [0.2, 0.25) is 0 Å². The molecule has 0 rings (SSSR count). The van der Waals surface area contributed by atoms with Crippen LogP contribution in [0.4, 0.5) is 0 Å². The van der Waals surface area contributed by atoms with E-state index < -0.39 is 7.14 Å². The van der Waals surface area contributed by atoms with E-state index in [1.807, 2.05) is 13.8 Å². The lowest BCUT2D eigenvalue weighted by atomic mass is 10.3. The second kappa shape index (κ2) is 6.02. The Labute approximate surface area is 85.9 Å². The van der Waals surface area contributed by atoms with E-state index >= 15 is 0 Å². The summed E-state index contributed by atoms with van der Waals surface area (Å²) in [5.74, 6) is -0.368. The topological polar surface area (TPSA) is 43.4 Å². The number of allylic oxidation sites excluding steroid dienone is 1.